The Morgan fingerprint density at radius 1 is 1.42 bits per heavy atom. The topological polar surface area (TPSA) is 46.6 Å². The molecule has 1 saturated heterocycles. The van der Waals surface area contributed by atoms with Crippen LogP contribution in [0.2, 0.25) is 0 Å². The second-order valence-electron chi connectivity index (χ2n) is 2.95. The van der Waals surface area contributed by atoms with E-state index in [9.17, 15) is 9.59 Å². The van der Waals surface area contributed by atoms with Gasteiger partial charge in [-0.3, -0.25) is 14.5 Å². The lowest BCUT2D eigenvalue weighted by Gasteiger charge is -2.11. The molecule has 1 aliphatic heterocycles. The van der Waals surface area contributed by atoms with E-state index in [1.54, 1.807) is 7.11 Å². The molecule has 1 unspecified atom stereocenters. The normalized spacial score (nSPS) is 25.8. The largest absolute Gasteiger partial charge is 0.381 e. The lowest BCUT2D eigenvalue weighted by molar-refractivity contribution is -0.142. The number of nitrogens with zero attached hydrogens (tertiary/aromatic N) is 1. The van der Waals surface area contributed by atoms with Crippen LogP contribution in [-0.4, -0.2) is 37.0 Å². The zero-order valence-electron chi connectivity index (χ0n) is 7.37. The standard InChI is InChI=1S/C8H13NO3/c1-9-7(10)4-3-6(12-2)5-8(9)11/h6H,3-5H2,1-2H3. The second-order valence-corrected chi connectivity index (χ2v) is 2.95. The number of carbonyl (C=O) groups is 2. The molecule has 12 heavy (non-hydrogen) atoms. The first-order valence-electron chi connectivity index (χ1n) is 3.97. The van der Waals surface area contributed by atoms with Crippen LogP contribution in [0.3, 0.4) is 0 Å². The van der Waals surface area contributed by atoms with E-state index < -0.39 is 0 Å². The average molecular weight is 171 g/mol. The van der Waals surface area contributed by atoms with Gasteiger partial charge in [0, 0.05) is 20.6 Å². The molecular formula is C8H13NO3. The number of amides is 2. The molecule has 1 heterocycles. The Morgan fingerprint density at radius 2 is 2.08 bits per heavy atom. The molecule has 4 nitrogen and oxygen atoms in total. The van der Waals surface area contributed by atoms with Gasteiger partial charge in [0.1, 0.15) is 0 Å². The van der Waals surface area contributed by atoms with E-state index in [0.717, 1.165) is 0 Å². The van der Waals surface area contributed by atoms with Crippen molar-refractivity contribution in [3.63, 3.8) is 0 Å². The predicted octanol–water partition coefficient (Wildman–Crippen LogP) is 0.170. The minimum Gasteiger partial charge on any atom is -0.381 e. The molecule has 2 amide bonds. The van der Waals surface area contributed by atoms with Crippen molar-refractivity contribution in [3.05, 3.63) is 0 Å². The number of imide groups is 1. The number of rotatable bonds is 1. The number of ether oxygens (including phenoxy) is 1. The Balaban J connectivity index is 2.65. The summed E-state index contributed by atoms with van der Waals surface area (Å²) < 4.78 is 5.04. The van der Waals surface area contributed by atoms with Gasteiger partial charge in [-0.15, -0.1) is 0 Å². The van der Waals surface area contributed by atoms with E-state index in [4.69, 9.17) is 4.74 Å². The Hall–Kier alpha value is -0.900. The van der Waals surface area contributed by atoms with Crippen molar-refractivity contribution in [2.24, 2.45) is 0 Å². The third-order valence-electron chi connectivity index (χ3n) is 2.16. The fraction of sp³-hybridized carbons (Fsp3) is 0.750. The van der Waals surface area contributed by atoms with Gasteiger partial charge in [-0.2, -0.15) is 0 Å². The SMILES string of the molecule is COC1CCC(=O)N(C)C(=O)C1. The van der Waals surface area contributed by atoms with Crippen molar-refractivity contribution in [3.8, 4) is 0 Å². The van der Waals surface area contributed by atoms with Crippen molar-refractivity contribution in [1.29, 1.82) is 0 Å². The van der Waals surface area contributed by atoms with Crippen LogP contribution >= 0.6 is 0 Å². The highest BCUT2D eigenvalue weighted by atomic mass is 16.5. The maximum Gasteiger partial charge on any atom is 0.231 e. The molecule has 4 heteroatoms. The lowest BCUT2D eigenvalue weighted by Crippen LogP contribution is -2.31. The summed E-state index contributed by atoms with van der Waals surface area (Å²) in [6.07, 6.45) is 1.27. The summed E-state index contributed by atoms with van der Waals surface area (Å²) in [5.74, 6) is -0.260. The minimum atomic E-state index is -0.149. The zero-order chi connectivity index (χ0) is 9.14. The first kappa shape index (κ1) is 9.19. The molecule has 68 valence electrons. The summed E-state index contributed by atoms with van der Waals surface area (Å²) in [6.45, 7) is 0. The van der Waals surface area contributed by atoms with Crippen molar-refractivity contribution in [2.45, 2.75) is 25.4 Å². The number of carbonyl (C=O) groups excluding carboxylic acids is 2. The van der Waals surface area contributed by atoms with Crippen LogP contribution < -0.4 is 0 Å². The fourth-order valence-corrected chi connectivity index (χ4v) is 1.23. The van der Waals surface area contributed by atoms with Crippen LogP contribution in [0, 0.1) is 0 Å². The summed E-state index contributed by atoms with van der Waals surface area (Å²) in [6, 6.07) is 0. The molecule has 0 aromatic rings. The first-order chi connectivity index (χ1) is 5.65. The lowest BCUT2D eigenvalue weighted by atomic mass is 10.1. The van der Waals surface area contributed by atoms with E-state index in [0.29, 0.717) is 19.3 Å². The van der Waals surface area contributed by atoms with Gasteiger partial charge in [0.25, 0.3) is 0 Å². The molecule has 0 spiro atoms. The van der Waals surface area contributed by atoms with Crippen molar-refractivity contribution < 1.29 is 14.3 Å². The number of hydrogen-bond acceptors (Lipinski definition) is 3. The van der Waals surface area contributed by atoms with Gasteiger partial charge in [-0.05, 0) is 6.42 Å². The highest BCUT2D eigenvalue weighted by molar-refractivity contribution is 5.95. The fourth-order valence-electron chi connectivity index (χ4n) is 1.23. The van der Waals surface area contributed by atoms with Crippen molar-refractivity contribution >= 4 is 11.8 Å². The van der Waals surface area contributed by atoms with E-state index in [1.807, 2.05) is 0 Å². The molecule has 0 saturated carbocycles. The summed E-state index contributed by atoms with van der Waals surface area (Å²) >= 11 is 0. The third kappa shape index (κ3) is 1.82. The molecule has 1 aliphatic rings. The first-order valence-corrected chi connectivity index (χ1v) is 3.97. The zero-order valence-corrected chi connectivity index (χ0v) is 7.37. The third-order valence-corrected chi connectivity index (χ3v) is 2.16. The van der Waals surface area contributed by atoms with Gasteiger partial charge in [0.2, 0.25) is 11.8 Å². The molecule has 0 aromatic carbocycles. The predicted molar refractivity (Wildman–Crippen MR) is 42.4 cm³/mol. The quantitative estimate of drug-likeness (QED) is 0.528. The maximum absolute atomic E-state index is 11.2. The summed E-state index contributed by atoms with van der Waals surface area (Å²) in [5.41, 5.74) is 0. The van der Waals surface area contributed by atoms with Crippen LogP contribution in [0.25, 0.3) is 0 Å². The molecule has 1 rings (SSSR count). The number of hydrogen-bond donors (Lipinski definition) is 0. The molecule has 0 aliphatic carbocycles. The van der Waals surface area contributed by atoms with Gasteiger partial charge in [0.05, 0.1) is 12.5 Å². The second kappa shape index (κ2) is 3.67. The molecular weight excluding hydrogens is 158 g/mol. The van der Waals surface area contributed by atoms with Crippen LogP contribution in [0.4, 0.5) is 0 Å². The summed E-state index contributed by atoms with van der Waals surface area (Å²) in [5, 5.41) is 0. The van der Waals surface area contributed by atoms with Crippen LogP contribution in [0.5, 0.6) is 0 Å². The smallest absolute Gasteiger partial charge is 0.231 e. The van der Waals surface area contributed by atoms with Gasteiger partial charge in [0.15, 0.2) is 0 Å². The highest BCUT2D eigenvalue weighted by Gasteiger charge is 2.25. The molecule has 1 fully saturated rings. The van der Waals surface area contributed by atoms with Crippen LogP contribution in [0.15, 0.2) is 0 Å². The van der Waals surface area contributed by atoms with Gasteiger partial charge in [-0.1, -0.05) is 0 Å². The summed E-state index contributed by atoms with van der Waals surface area (Å²) in [4.78, 5) is 23.5. The Morgan fingerprint density at radius 3 is 2.67 bits per heavy atom. The van der Waals surface area contributed by atoms with E-state index in [1.165, 1.54) is 11.9 Å². The summed E-state index contributed by atoms with van der Waals surface area (Å²) in [7, 11) is 3.08. The van der Waals surface area contributed by atoms with E-state index >= 15 is 0 Å². The highest BCUT2D eigenvalue weighted by Crippen LogP contribution is 2.14. The molecule has 1 atom stereocenters. The number of methoxy groups -OCH3 is 1. The van der Waals surface area contributed by atoms with Crippen LogP contribution in [0.1, 0.15) is 19.3 Å². The van der Waals surface area contributed by atoms with E-state index in [2.05, 4.69) is 0 Å². The van der Waals surface area contributed by atoms with E-state index in [-0.39, 0.29) is 17.9 Å². The average Bonchev–Trinajstić information content (AvgIpc) is 2.19. The monoisotopic (exact) mass is 171 g/mol. The number of likely N-dealkylation sites (tertiary alicyclic amines) is 1. The Labute approximate surface area is 71.5 Å². The molecule has 0 aromatic heterocycles. The van der Waals surface area contributed by atoms with Gasteiger partial charge in [-0.25, -0.2) is 0 Å². The maximum atomic E-state index is 11.2. The van der Waals surface area contributed by atoms with Gasteiger partial charge >= 0.3 is 0 Å². The molecule has 0 N–H and O–H groups in total. The minimum absolute atomic E-state index is 0.0913. The van der Waals surface area contributed by atoms with Crippen LogP contribution in [-0.2, 0) is 14.3 Å². The van der Waals surface area contributed by atoms with Crippen molar-refractivity contribution in [2.75, 3.05) is 14.2 Å². The van der Waals surface area contributed by atoms with Gasteiger partial charge < -0.3 is 4.74 Å². The Bertz CT molecular complexity index is 202. The molecule has 0 radical (unpaired) electrons. The van der Waals surface area contributed by atoms with Crippen molar-refractivity contribution in [1.82, 2.24) is 4.90 Å². The molecule has 0 bridgehead atoms. The Kier molecular flexibility index (Phi) is 2.81.